The van der Waals surface area contributed by atoms with Crippen LogP contribution >= 0.6 is 0 Å². The molecule has 21 heavy (non-hydrogen) atoms. The van der Waals surface area contributed by atoms with E-state index in [1.54, 1.807) is 12.4 Å². The van der Waals surface area contributed by atoms with E-state index >= 15 is 0 Å². The number of nitrogens with one attached hydrogen (secondary N) is 1. The van der Waals surface area contributed by atoms with Crippen LogP contribution in [0, 0.1) is 0 Å². The average molecular weight is 284 g/mol. The van der Waals surface area contributed by atoms with Crippen LogP contribution in [0.1, 0.15) is 37.1 Å². The first-order valence-corrected chi connectivity index (χ1v) is 7.10. The maximum atomic E-state index is 12.2. The SMILES string of the molecule is CCOC(=O)C(N[C@@H](C)c1ccncc1)c1ccccc1. The number of benzene rings is 1. The minimum atomic E-state index is -0.477. The Bertz CT molecular complexity index is 558. The van der Waals surface area contributed by atoms with E-state index in [9.17, 15) is 4.79 Å². The summed E-state index contributed by atoms with van der Waals surface area (Å²) in [6, 6.07) is 13.0. The molecule has 0 amide bonds. The topological polar surface area (TPSA) is 51.2 Å². The van der Waals surface area contributed by atoms with E-state index in [2.05, 4.69) is 10.3 Å². The molecule has 1 unspecified atom stereocenters. The molecule has 0 aliphatic heterocycles. The second kappa shape index (κ2) is 7.55. The van der Waals surface area contributed by atoms with Gasteiger partial charge in [-0.1, -0.05) is 30.3 Å². The Hall–Kier alpha value is -2.20. The van der Waals surface area contributed by atoms with Crippen LogP contribution in [0.15, 0.2) is 54.9 Å². The minimum absolute atomic E-state index is 0.0163. The first-order chi connectivity index (χ1) is 10.2. The molecule has 1 N–H and O–H groups in total. The number of pyridine rings is 1. The second-order valence-electron chi connectivity index (χ2n) is 4.76. The molecule has 0 saturated heterocycles. The van der Waals surface area contributed by atoms with Gasteiger partial charge >= 0.3 is 5.97 Å². The Labute approximate surface area is 125 Å². The van der Waals surface area contributed by atoms with Crippen molar-refractivity contribution >= 4 is 5.97 Å². The Kier molecular flexibility index (Phi) is 5.46. The zero-order valence-corrected chi connectivity index (χ0v) is 12.3. The monoisotopic (exact) mass is 284 g/mol. The summed E-state index contributed by atoms with van der Waals surface area (Å²) in [6.45, 7) is 4.20. The Morgan fingerprint density at radius 2 is 1.81 bits per heavy atom. The highest BCUT2D eigenvalue weighted by Crippen LogP contribution is 2.20. The fourth-order valence-electron chi connectivity index (χ4n) is 2.17. The maximum Gasteiger partial charge on any atom is 0.327 e. The summed E-state index contributed by atoms with van der Waals surface area (Å²) in [4.78, 5) is 16.2. The molecule has 0 spiro atoms. The Balaban J connectivity index is 2.18. The molecule has 4 nitrogen and oxygen atoms in total. The molecule has 0 bridgehead atoms. The molecule has 0 fully saturated rings. The molecule has 4 heteroatoms. The molecule has 0 saturated carbocycles. The van der Waals surface area contributed by atoms with E-state index < -0.39 is 6.04 Å². The van der Waals surface area contributed by atoms with Crippen LogP contribution < -0.4 is 5.32 Å². The number of esters is 1. The lowest BCUT2D eigenvalue weighted by molar-refractivity contribution is -0.146. The van der Waals surface area contributed by atoms with Gasteiger partial charge in [-0.15, -0.1) is 0 Å². The third-order valence-corrected chi connectivity index (χ3v) is 3.28. The first kappa shape index (κ1) is 15.2. The first-order valence-electron chi connectivity index (χ1n) is 7.10. The van der Waals surface area contributed by atoms with Crippen molar-refractivity contribution in [2.24, 2.45) is 0 Å². The summed E-state index contributed by atoms with van der Waals surface area (Å²) in [6.07, 6.45) is 3.49. The summed E-state index contributed by atoms with van der Waals surface area (Å²) in [5, 5.41) is 3.33. The van der Waals surface area contributed by atoms with Gasteiger partial charge in [0.25, 0.3) is 0 Å². The fraction of sp³-hybridized carbons (Fsp3) is 0.294. The molecule has 0 aliphatic carbocycles. The van der Waals surface area contributed by atoms with E-state index in [1.807, 2.05) is 56.3 Å². The van der Waals surface area contributed by atoms with Gasteiger partial charge in [0.05, 0.1) is 6.61 Å². The highest BCUT2D eigenvalue weighted by atomic mass is 16.5. The van der Waals surface area contributed by atoms with E-state index in [1.165, 1.54) is 0 Å². The third-order valence-electron chi connectivity index (χ3n) is 3.28. The van der Waals surface area contributed by atoms with Crippen molar-refractivity contribution < 1.29 is 9.53 Å². The van der Waals surface area contributed by atoms with E-state index in [4.69, 9.17) is 4.74 Å². The van der Waals surface area contributed by atoms with Crippen molar-refractivity contribution in [1.29, 1.82) is 0 Å². The fourth-order valence-corrected chi connectivity index (χ4v) is 2.17. The van der Waals surface area contributed by atoms with Crippen molar-refractivity contribution in [3.05, 3.63) is 66.0 Å². The van der Waals surface area contributed by atoms with Gasteiger partial charge in [0.15, 0.2) is 0 Å². The lowest BCUT2D eigenvalue weighted by atomic mass is 10.0. The van der Waals surface area contributed by atoms with Crippen molar-refractivity contribution in [3.8, 4) is 0 Å². The van der Waals surface area contributed by atoms with Crippen molar-refractivity contribution in [2.75, 3.05) is 6.61 Å². The van der Waals surface area contributed by atoms with Crippen LogP contribution in [0.2, 0.25) is 0 Å². The number of nitrogens with zero attached hydrogens (tertiary/aromatic N) is 1. The molecular formula is C17H20N2O2. The van der Waals surface area contributed by atoms with Crippen LogP contribution in [0.3, 0.4) is 0 Å². The van der Waals surface area contributed by atoms with Crippen molar-refractivity contribution in [1.82, 2.24) is 10.3 Å². The van der Waals surface area contributed by atoms with Gasteiger partial charge < -0.3 is 4.74 Å². The summed E-state index contributed by atoms with van der Waals surface area (Å²) >= 11 is 0. The molecule has 2 rings (SSSR count). The lowest BCUT2D eigenvalue weighted by Gasteiger charge is -2.22. The van der Waals surface area contributed by atoms with Gasteiger partial charge in [-0.3, -0.25) is 10.3 Å². The molecule has 1 aromatic carbocycles. The second-order valence-corrected chi connectivity index (χ2v) is 4.76. The predicted molar refractivity (Wildman–Crippen MR) is 81.6 cm³/mol. The highest BCUT2D eigenvalue weighted by molar-refractivity contribution is 5.77. The molecule has 110 valence electrons. The smallest absolute Gasteiger partial charge is 0.327 e. The number of carbonyl (C=O) groups is 1. The summed E-state index contributed by atoms with van der Waals surface area (Å²) < 4.78 is 5.18. The molecule has 2 aromatic rings. The molecule has 1 heterocycles. The molecule has 0 radical (unpaired) electrons. The number of hydrogen-bond donors (Lipinski definition) is 1. The van der Waals surface area contributed by atoms with Crippen LogP contribution in [-0.2, 0) is 9.53 Å². The minimum Gasteiger partial charge on any atom is -0.465 e. The number of ether oxygens (including phenoxy) is 1. The Morgan fingerprint density at radius 3 is 2.43 bits per heavy atom. The average Bonchev–Trinajstić information content (AvgIpc) is 2.54. The molecular weight excluding hydrogens is 264 g/mol. The molecule has 2 atom stereocenters. The standard InChI is InChI=1S/C17H20N2O2/c1-3-21-17(20)16(15-7-5-4-6-8-15)19-13(2)14-9-11-18-12-10-14/h4-13,16,19H,3H2,1-2H3/t13-,16?/m0/s1. The summed E-state index contributed by atoms with van der Waals surface area (Å²) in [7, 11) is 0. The van der Waals surface area contributed by atoms with Gasteiger partial charge in [-0.05, 0) is 37.1 Å². The highest BCUT2D eigenvalue weighted by Gasteiger charge is 2.23. The van der Waals surface area contributed by atoms with Crippen LogP contribution in [0.4, 0.5) is 0 Å². The third kappa shape index (κ3) is 4.13. The van der Waals surface area contributed by atoms with Crippen LogP contribution in [0.25, 0.3) is 0 Å². The molecule has 1 aromatic heterocycles. The van der Waals surface area contributed by atoms with Gasteiger partial charge in [-0.25, -0.2) is 4.79 Å². The van der Waals surface area contributed by atoms with Gasteiger partial charge in [0.2, 0.25) is 0 Å². The number of rotatable bonds is 6. The van der Waals surface area contributed by atoms with E-state index in [0.29, 0.717) is 6.61 Å². The van der Waals surface area contributed by atoms with Gasteiger partial charge in [0, 0.05) is 18.4 Å². The summed E-state index contributed by atoms with van der Waals surface area (Å²) in [5.41, 5.74) is 1.98. The predicted octanol–water partition coefficient (Wildman–Crippen LogP) is 3.04. The quantitative estimate of drug-likeness (QED) is 0.828. The maximum absolute atomic E-state index is 12.2. The lowest BCUT2D eigenvalue weighted by Crippen LogP contribution is -2.32. The van der Waals surface area contributed by atoms with E-state index in [0.717, 1.165) is 11.1 Å². The van der Waals surface area contributed by atoms with Gasteiger partial charge in [0.1, 0.15) is 6.04 Å². The van der Waals surface area contributed by atoms with Crippen molar-refractivity contribution in [2.45, 2.75) is 25.9 Å². The Morgan fingerprint density at radius 1 is 1.14 bits per heavy atom. The van der Waals surface area contributed by atoms with Crippen LogP contribution in [0.5, 0.6) is 0 Å². The number of carbonyl (C=O) groups excluding carboxylic acids is 1. The van der Waals surface area contributed by atoms with Crippen molar-refractivity contribution in [3.63, 3.8) is 0 Å². The zero-order chi connectivity index (χ0) is 15.1. The largest absolute Gasteiger partial charge is 0.465 e. The van der Waals surface area contributed by atoms with E-state index in [-0.39, 0.29) is 12.0 Å². The number of aromatic nitrogens is 1. The molecule has 0 aliphatic rings. The summed E-state index contributed by atoms with van der Waals surface area (Å²) in [5.74, 6) is -0.260. The number of hydrogen-bond acceptors (Lipinski definition) is 4. The normalized spacial score (nSPS) is 13.4. The zero-order valence-electron chi connectivity index (χ0n) is 12.3. The van der Waals surface area contributed by atoms with Gasteiger partial charge in [-0.2, -0.15) is 0 Å². The van der Waals surface area contributed by atoms with Crippen LogP contribution in [-0.4, -0.2) is 17.6 Å².